The number of ether oxygens (including phenoxy) is 1. The van der Waals surface area contributed by atoms with Gasteiger partial charge in [0.05, 0.1) is 0 Å². The molecular formula is C18H17F2NO2. The van der Waals surface area contributed by atoms with Crippen molar-refractivity contribution in [1.82, 2.24) is 0 Å². The van der Waals surface area contributed by atoms with Crippen LogP contribution in [-0.4, -0.2) is 12.5 Å². The third kappa shape index (κ3) is 5.54. The Morgan fingerprint density at radius 1 is 1.13 bits per heavy atom. The van der Waals surface area contributed by atoms with Gasteiger partial charge in [0.2, 0.25) is 5.91 Å². The first-order valence-electron chi connectivity index (χ1n) is 7.19. The summed E-state index contributed by atoms with van der Waals surface area (Å²) >= 11 is 0. The quantitative estimate of drug-likeness (QED) is 0.797. The first-order chi connectivity index (χ1) is 11.1. The molecule has 0 aliphatic rings. The van der Waals surface area contributed by atoms with Crippen LogP contribution in [0.3, 0.4) is 0 Å². The van der Waals surface area contributed by atoms with Gasteiger partial charge in [0.1, 0.15) is 5.75 Å². The molecule has 0 atom stereocenters. The van der Waals surface area contributed by atoms with E-state index in [9.17, 15) is 13.6 Å². The highest BCUT2D eigenvalue weighted by Gasteiger charge is 2.04. The van der Waals surface area contributed by atoms with Crippen LogP contribution in [0.1, 0.15) is 18.1 Å². The number of anilines is 1. The number of rotatable bonds is 6. The molecule has 0 saturated heterocycles. The highest BCUT2D eigenvalue weighted by atomic mass is 19.3. The number of amides is 1. The van der Waals surface area contributed by atoms with Gasteiger partial charge in [-0.15, -0.1) is 0 Å². The summed E-state index contributed by atoms with van der Waals surface area (Å²) in [5.41, 5.74) is 2.67. The van der Waals surface area contributed by atoms with Gasteiger partial charge in [-0.1, -0.05) is 31.2 Å². The molecule has 0 aliphatic carbocycles. The topological polar surface area (TPSA) is 38.3 Å². The fraction of sp³-hybridized carbons (Fsp3) is 0.167. The van der Waals surface area contributed by atoms with Gasteiger partial charge in [-0.3, -0.25) is 4.79 Å². The average Bonchev–Trinajstić information content (AvgIpc) is 2.55. The third-order valence-corrected chi connectivity index (χ3v) is 3.16. The lowest BCUT2D eigenvalue weighted by Gasteiger charge is -2.06. The highest BCUT2D eigenvalue weighted by molar-refractivity contribution is 6.01. The van der Waals surface area contributed by atoms with Crippen LogP contribution in [0.25, 0.3) is 6.08 Å². The molecule has 0 aliphatic heterocycles. The van der Waals surface area contributed by atoms with E-state index >= 15 is 0 Å². The number of benzene rings is 2. The zero-order valence-corrected chi connectivity index (χ0v) is 12.6. The lowest BCUT2D eigenvalue weighted by Crippen LogP contribution is -2.08. The van der Waals surface area contributed by atoms with E-state index < -0.39 is 6.61 Å². The number of hydrogen-bond acceptors (Lipinski definition) is 2. The minimum absolute atomic E-state index is 0.0459. The van der Waals surface area contributed by atoms with Crippen LogP contribution in [0.2, 0.25) is 0 Å². The molecule has 1 amide bonds. The Bertz CT molecular complexity index is 664. The summed E-state index contributed by atoms with van der Waals surface area (Å²) in [7, 11) is 0. The van der Waals surface area contributed by atoms with Crippen molar-refractivity contribution in [1.29, 1.82) is 0 Å². The monoisotopic (exact) mass is 317 g/mol. The molecule has 0 spiro atoms. The molecule has 120 valence electrons. The van der Waals surface area contributed by atoms with E-state index in [0.29, 0.717) is 5.69 Å². The van der Waals surface area contributed by atoms with E-state index in [-0.39, 0.29) is 11.7 Å². The SMILES string of the molecule is CCc1ccc(/C=C/C(=O)Nc2ccc(OC(F)F)cc2)cc1. The molecule has 0 saturated carbocycles. The minimum Gasteiger partial charge on any atom is -0.435 e. The van der Waals surface area contributed by atoms with Gasteiger partial charge in [0, 0.05) is 11.8 Å². The van der Waals surface area contributed by atoms with Crippen LogP contribution in [0.5, 0.6) is 5.75 Å². The number of aryl methyl sites for hydroxylation is 1. The molecule has 23 heavy (non-hydrogen) atoms. The van der Waals surface area contributed by atoms with Gasteiger partial charge in [0.15, 0.2) is 0 Å². The van der Waals surface area contributed by atoms with Crippen LogP contribution in [0.15, 0.2) is 54.6 Å². The Labute approximate surface area is 133 Å². The molecule has 2 rings (SSSR count). The molecule has 2 aromatic rings. The normalized spacial score (nSPS) is 11.0. The van der Waals surface area contributed by atoms with E-state index in [1.165, 1.54) is 35.9 Å². The first-order valence-corrected chi connectivity index (χ1v) is 7.19. The van der Waals surface area contributed by atoms with Crippen molar-refractivity contribution in [3.8, 4) is 5.75 Å². The van der Waals surface area contributed by atoms with Crippen molar-refractivity contribution < 1.29 is 18.3 Å². The summed E-state index contributed by atoms with van der Waals surface area (Å²) in [6, 6.07) is 13.7. The zero-order valence-electron chi connectivity index (χ0n) is 12.6. The Balaban J connectivity index is 1.91. The van der Waals surface area contributed by atoms with Gasteiger partial charge in [-0.2, -0.15) is 8.78 Å². The fourth-order valence-corrected chi connectivity index (χ4v) is 1.94. The predicted molar refractivity (Wildman–Crippen MR) is 86.6 cm³/mol. The standard InChI is InChI=1S/C18H17F2NO2/c1-2-13-3-5-14(6-4-13)7-12-17(22)21-15-8-10-16(11-9-15)23-18(19)20/h3-12,18H,2H2,1H3,(H,21,22)/b12-7+. The fourth-order valence-electron chi connectivity index (χ4n) is 1.94. The molecule has 2 aromatic carbocycles. The zero-order chi connectivity index (χ0) is 16.7. The molecule has 1 N–H and O–H groups in total. The summed E-state index contributed by atoms with van der Waals surface area (Å²) in [5, 5.41) is 2.65. The molecule has 0 fully saturated rings. The number of hydrogen-bond donors (Lipinski definition) is 1. The first kappa shape index (κ1) is 16.7. The summed E-state index contributed by atoms with van der Waals surface area (Å²) in [5.74, 6) is -0.253. The Morgan fingerprint density at radius 2 is 1.78 bits per heavy atom. The lowest BCUT2D eigenvalue weighted by molar-refractivity contribution is -0.111. The van der Waals surface area contributed by atoms with Crippen molar-refractivity contribution in [2.24, 2.45) is 0 Å². The molecule has 0 aromatic heterocycles. The highest BCUT2D eigenvalue weighted by Crippen LogP contribution is 2.17. The van der Waals surface area contributed by atoms with Crippen molar-refractivity contribution in [2.75, 3.05) is 5.32 Å². The van der Waals surface area contributed by atoms with E-state index in [1.807, 2.05) is 24.3 Å². The van der Waals surface area contributed by atoms with Crippen LogP contribution < -0.4 is 10.1 Å². The number of carbonyl (C=O) groups excluding carboxylic acids is 1. The largest absolute Gasteiger partial charge is 0.435 e. The lowest BCUT2D eigenvalue weighted by atomic mass is 10.1. The second-order valence-corrected chi connectivity index (χ2v) is 4.82. The molecule has 0 bridgehead atoms. The maximum Gasteiger partial charge on any atom is 0.387 e. The molecule has 0 radical (unpaired) electrons. The number of halogens is 2. The molecular weight excluding hydrogens is 300 g/mol. The van der Waals surface area contributed by atoms with Crippen molar-refractivity contribution >= 4 is 17.7 Å². The summed E-state index contributed by atoms with van der Waals surface area (Å²) in [6.45, 7) is -0.784. The van der Waals surface area contributed by atoms with Crippen LogP contribution in [0.4, 0.5) is 14.5 Å². The van der Waals surface area contributed by atoms with Gasteiger partial charge >= 0.3 is 6.61 Å². The maximum absolute atomic E-state index is 12.0. The van der Waals surface area contributed by atoms with Gasteiger partial charge < -0.3 is 10.1 Å². The molecule has 5 heteroatoms. The van der Waals surface area contributed by atoms with Crippen LogP contribution in [0, 0.1) is 0 Å². The Hall–Kier alpha value is -2.69. The second-order valence-electron chi connectivity index (χ2n) is 4.82. The Morgan fingerprint density at radius 3 is 2.35 bits per heavy atom. The number of nitrogens with one attached hydrogen (secondary N) is 1. The van der Waals surface area contributed by atoms with E-state index in [2.05, 4.69) is 17.0 Å². The predicted octanol–water partition coefficient (Wildman–Crippen LogP) is 4.50. The third-order valence-electron chi connectivity index (χ3n) is 3.16. The molecule has 3 nitrogen and oxygen atoms in total. The molecule has 0 heterocycles. The number of carbonyl (C=O) groups is 1. The summed E-state index contributed by atoms with van der Waals surface area (Å²) in [6.07, 6.45) is 4.10. The van der Waals surface area contributed by atoms with E-state index in [1.54, 1.807) is 6.08 Å². The summed E-state index contributed by atoms with van der Waals surface area (Å²) < 4.78 is 28.3. The van der Waals surface area contributed by atoms with E-state index in [4.69, 9.17) is 0 Å². The smallest absolute Gasteiger partial charge is 0.387 e. The van der Waals surface area contributed by atoms with Gasteiger partial charge in [0.25, 0.3) is 0 Å². The maximum atomic E-state index is 12.0. The van der Waals surface area contributed by atoms with Crippen molar-refractivity contribution in [2.45, 2.75) is 20.0 Å². The van der Waals surface area contributed by atoms with Crippen molar-refractivity contribution in [3.63, 3.8) is 0 Å². The van der Waals surface area contributed by atoms with Crippen LogP contribution in [-0.2, 0) is 11.2 Å². The second kappa shape index (κ2) is 8.08. The average molecular weight is 317 g/mol. The number of alkyl halides is 2. The molecule has 0 unspecified atom stereocenters. The van der Waals surface area contributed by atoms with Gasteiger partial charge in [-0.25, -0.2) is 0 Å². The summed E-state index contributed by atoms with van der Waals surface area (Å²) in [4.78, 5) is 11.8. The Kier molecular flexibility index (Phi) is 5.86. The van der Waals surface area contributed by atoms with E-state index in [0.717, 1.165) is 12.0 Å². The van der Waals surface area contributed by atoms with Crippen LogP contribution >= 0.6 is 0 Å². The minimum atomic E-state index is -2.86. The van der Waals surface area contributed by atoms with Crippen molar-refractivity contribution in [3.05, 3.63) is 65.7 Å². The van der Waals surface area contributed by atoms with Gasteiger partial charge in [-0.05, 0) is 47.9 Å².